The number of benzene rings is 1. The third-order valence-corrected chi connectivity index (χ3v) is 1.58. The van der Waals surface area contributed by atoms with Crippen LogP contribution < -0.4 is 0 Å². The highest BCUT2D eigenvalue weighted by molar-refractivity contribution is 7.80. The van der Waals surface area contributed by atoms with E-state index in [9.17, 15) is 0 Å². The molecule has 0 saturated heterocycles. The Balaban J connectivity index is 0.000000810. The van der Waals surface area contributed by atoms with Crippen molar-refractivity contribution in [2.24, 2.45) is 0 Å². The van der Waals surface area contributed by atoms with Gasteiger partial charge >= 0.3 is 0 Å². The van der Waals surface area contributed by atoms with E-state index in [2.05, 4.69) is 31.7 Å². The van der Waals surface area contributed by atoms with Crippen molar-refractivity contribution in [1.29, 1.82) is 0 Å². The SMILES string of the molecule is C.CC(S)c1ccccc1. The molecule has 0 aliphatic heterocycles. The van der Waals surface area contributed by atoms with Gasteiger partial charge in [-0.3, -0.25) is 0 Å². The fourth-order valence-corrected chi connectivity index (χ4v) is 0.904. The minimum atomic E-state index is 0. The normalized spacial score (nSPS) is 11.8. The molecule has 1 aromatic carbocycles. The van der Waals surface area contributed by atoms with Crippen molar-refractivity contribution in [2.75, 3.05) is 0 Å². The Morgan fingerprint density at radius 2 is 1.70 bits per heavy atom. The smallest absolute Gasteiger partial charge is 0.0238 e. The van der Waals surface area contributed by atoms with E-state index in [1.807, 2.05) is 18.2 Å². The highest BCUT2D eigenvalue weighted by Gasteiger charge is 1.94. The minimum Gasteiger partial charge on any atom is -0.171 e. The Bertz CT molecular complexity index is 167. The van der Waals surface area contributed by atoms with Crippen LogP contribution >= 0.6 is 12.6 Å². The molecule has 56 valence electrons. The van der Waals surface area contributed by atoms with E-state index in [1.54, 1.807) is 0 Å². The number of hydrogen-bond acceptors (Lipinski definition) is 1. The molecule has 1 aromatic rings. The van der Waals surface area contributed by atoms with E-state index in [0.717, 1.165) is 0 Å². The zero-order valence-electron chi connectivity index (χ0n) is 5.41. The molecule has 0 bridgehead atoms. The van der Waals surface area contributed by atoms with Crippen LogP contribution in [0.5, 0.6) is 0 Å². The topological polar surface area (TPSA) is 0 Å². The predicted octanol–water partition coefficient (Wildman–Crippen LogP) is 3.31. The van der Waals surface area contributed by atoms with Crippen LogP contribution in [0.15, 0.2) is 30.3 Å². The summed E-state index contributed by atoms with van der Waals surface area (Å²) in [6.45, 7) is 2.07. The van der Waals surface area contributed by atoms with Crippen molar-refractivity contribution in [1.82, 2.24) is 0 Å². The van der Waals surface area contributed by atoms with Crippen LogP contribution in [0.2, 0.25) is 0 Å². The zero-order chi connectivity index (χ0) is 6.69. The quantitative estimate of drug-likeness (QED) is 0.589. The van der Waals surface area contributed by atoms with Crippen LogP contribution in [0.4, 0.5) is 0 Å². The Kier molecular flexibility index (Phi) is 4.21. The Labute approximate surface area is 68.7 Å². The van der Waals surface area contributed by atoms with Gasteiger partial charge in [-0.1, -0.05) is 37.8 Å². The van der Waals surface area contributed by atoms with Crippen molar-refractivity contribution in [3.63, 3.8) is 0 Å². The van der Waals surface area contributed by atoms with Crippen LogP contribution in [0.25, 0.3) is 0 Å². The Hall–Kier alpha value is -0.430. The van der Waals surface area contributed by atoms with Gasteiger partial charge in [0.15, 0.2) is 0 Å². The maximum absolute atomic E-state index is 4.29. The molecule has 10 heavy (non-hydrogen) atoms. The van der Waals surface area contributed by atoms with E-state index < -0.39 is 0 Å². The van der Waals surface area contributed by atoms with Crippen molar-refractivity contribution in [2.45, 2.75) is 19.6 Å². The Morgan fingerprint density at radius 3 is 2.00 bits per heavy atom. The monoisotopic (exact) mass is 154 g/mol. The highest BCUT2D eigenvalue weighted by atomic mass is 32.1. The summed E-state index contributed by atoms with van der Waals surface area (Å²) >= 11 is 4.29. The molecule has 0 fully saturated rings. The van der Waals surface area contributed by atoms with Crippen LogP contribution in [0.1, 0.15) is 25.2 Å². The third kappa shape index (κ3) is 2.44. The van der Waals surface area contributed by atoms with Gasteiger partial charge < -0.3 is 0 Å². The molecule has 1 atom stereocenters. The molecule has 0 saturated carbocycles. The first-order chi connectivity index (χ1) is 4.30. The molecule has 0 N–H and O–H groups in total. The van der Waals surface area contributed by atoms with Crippen molar-refractivity contribution >= 4 is 12.6 Å². The molecule has 0 radical (unpaired) electrons. The Morgan fingerprint density at radius 1 is 1.20 bits per heavy atom. The second kappa shape index (κ2) is 4.40. The summed E-state index contributed by atoms with van der Waals surface area (Å²) < 4.78 is 0. The maximum Gasteiger partial charge on any atom is 0.0238 e. The number of hydrogen-bond donors (Lipinski definition) is 1. The average Bonchev–Trinajstić information content (AvgIpc) is 1.90. The lowest BCUT2D eigenvalue weighted by Gasteiger charge is -2.00. The molecule has 1 heteroatoms. The largest absolute Gasteiger partial charge is 0.171 e. The van der Waals surface area contributed by atoms with E-state index in [-0.39, 0.29) is 7.43 Å². The minimum absolute atomic E-state index is 0. The van der Waals surface area contributed by atoms with Gasteiger partial charge in [0.1, 0.15) is 0 Å². The van der Waals surface area contributed by atoms with E-state index in [4.69, 9.17) is 0 Å². The average molecular weight is 154 g/mol. The lowest BCUT2D eigenvalue weighted by Crippen LogP contribution is -1.80. The molecule has 0 amide bonds. The van der Waals surface area contributed by atoms with Gasteiger partial charge in [0, 0.05) is 5.25 Å². The van der Waals surface area contributed by atoms with Crippen LogP contribution in [0.3, 0.4) is 0 Å². The first-order valence-electron chi connectivity index (χ1n) is 3.03. The molecule has 1 rings (SSSR count). The second-order valence-corrected chi connectivity index (χ2v) is 2.86. The van der Waals surface area contributed by atoms with E-state index >= 15 is 0 Å². The molecule has 0 heterocycles. The predicted molar refractivity (Wildman–Crippen MR) is 50.6 cm³/mol. The fraction of sp³-hybridized carbons (Fsp3) is 0.333. The van der Waals surface area contributed by atoms with Gasteiger partial charge in [0.05, 0.1) is 0 Å². The van der Waals surface area contributed by atoms with Gasteiger partial charge in [0.25, 0.3) is 0 Å². The van der Waals surface area contributed by atoms with E-state index in [1.165, 1.54) is 5.56 Å². The fourth-order valence-electron chi connectivity index (χ4n) is 0.732. The molecule has 0 aliphatic rings. The molecule has 0 aliphatic carbocycles. The molecule has 1 unspecified atom stereocenters. The zero-order valence-corrected chi connectivity index (χ0v) is 6.31. The van der Waals surface area contributed by atoms with Gasteiger partial charge in [-0.05, 0) is 12.5 Å². The molecule has 0 nitrogen and oxygen atoms in total. The lowest BCUT2D eigenvalue weighted by molar-refractivity contribution is 1.11. The summed E-state index contributed by atoms with van der Waals surface area (Å²) in [5, 5.41) is 0.353. The summed E-state index contributed by atoms with van der Waals surface area (Å²) in [5.74, 6) is 0. The van der Waals surface area contributed by atoms with Gasteiger partial charge in [0.2, 0.25) is 0 Å². The highest BCUT2D eigenvalue weighted by Crippen LogP contribution is 2.16. The second-order valence-electron chi connectivity index (χ2n) is 2.09. The van der Waals surface area contributed by atoms with E-state index in [0.29, 0.717) is 5.25 Å². The number of rotatable bonds is 1. The summed E-state index contributed by atoms with van der Waals surface area (Å²) in [6, 6.07) is 10.2. The first-order valence-corrected chi connectivity index (χ1v) is 3.55. The summed E-state index contributed by atoms with van der Waals surface area (Å²) in [5.41, 5.74) is 1.28. The van der Waals surface area contributed by atoms with Crippen molar-refractivity contribution in [3.05, 3.63) is 35.9 Å². The summed E-state index contributed by atoms with van der Waals surface area (Å²) in [4.78, 5) is 0. The standard InChI is InChI=1S/C8H10S.CH4/c1-7(9)8-5-3-2-4-6-8;/h2-7,9H,1H3;1H4. The van der Waals surface area contributed by atoms with Crippen molar-refractivity contribution in [3.8, 4) is 0 Å². The summed E-state index contributed by atoms with van der Waals surface area (Å²) in [7, 11) is 0. The molecule has 0 aromatic heterocycles. The third-order valence-electron chi connectivity index (χ3n) is 1.28. The molecular formula is C9H14S. The molecular weight excluding hydrogens is 140 g/mol. The first kappa shape index (κ1) is 9.57. The number of thiol groups is 1. The van der Waals surface area contributed by atoms with Crippen LogP contribution in [-0.2, 0) is 0 Å². The maximum atomic E-state index is 4.29. The summed E-state index contributed by atoms with van der Waals surface area (Å²) in [6.07, 6.45) is 0. The van der Waals surface area contributed by atoms with Crippen LogP contribution in [0, 0.1) is 0 Å². The van der Waals surface area contributed by atoms with Gasteiger partial charge in [-0.2, -0.15) is 12.6 Å². The van der Waals surface area contributed by atoms with Crippen LogP contribution in [-0.4, -0.2) is 0 Å². The van der Waals surface area contributed by atoms with Crippen molar-refractivity contribution < 1.29 is 0 Å². The lowest BCUT2D eigenvalue weighted by atomic mass is 10.2. The van der Waals surface area contributed by atoms with Gasteiger partial charge in [-0.25, -0.2) is 0 Å². The van der Waals surface area contributed by atoms with Gasteiger partial charge in [-0.15, -0.1) is 0 Å². The molecule has 0 spiro atoms.